The second-order valence-electron chi connectivity index (χ2n) is 11.3. The van der Waals surface area contributed by atoms with Crippen LogP contribution in [0.1, 0.15) is 79.0 Å². The average molecular weight is 542 g/mol. The van der Waals surface area contributed by atoms with Gasteiger partial charge in [0.1, 0.15) is 34.9 Å². The summed E-state index contributed by atoms with van der Waals surface area (Å²) in [5.74, 6) is -0.0734. The van der Waals surface area contributed by atoms with E-state index in [4.69, 9.17) is 14.2 Å². The predicted octanol–water partition coefficient (Wildman–Crippen LogP) is 7.19. The van der Waals surface area contributed by atoms with Crippen LogP contribution in [0.25, 0.3) is 11.3 Å². The first-order chi connectivity index (χ1) is 17.5. The molecule has 0 saturated carbocycles. The van der Waals surface area contributed by atoms with Crippen molar-refractivity contribution in [3.8, 4) is 17.0 Å². The molecule has 0 aromatic carbocycles. The van der Waals surface area contributed by atoms with Gasteiger partial charge in [0, 0.05) is 11.8 Å². The average Bonchev–Trinajstić information content (AvgIpc) is 3.06. The number of rotatable bonds is 8. The molecule has 2 aromatic rings. The third-order valence-electron chi connectivity index (χ3n) is 6.00. The molecule has 3 rings (SSSR count). The standard InChI is InChI=1S/C27H35F4N3O4/c1-16(2)12-27(15-37-26(6,7)34(27)24(35)38-25(3,4)5)14-36-21-13-33-19(11-18(21)22(28)29)17-8-9-32-20(10-17)23(30)31/h8-11,13,16,22-23H,12,14-15H2,1-7H3. The lowest BCUT2D eigenvalue weighted by atomic mass is 9.88. The Kier molecular flexibility index (Phi) is 8.60. The van der Waals surface area contributed by atoms with Gasteiger partial charge in [-0.25, -0.2) is 22.4 Å². The largest absolute Gasteiger partial charge is 0.489 e. The van der Waals surface area contributed by atoms with Crippen LogP contribution in [0.3, 0.4) is 0 Å². The number of nitrogens with zero attached hydrogens (tertiary/aromatic N) is 3. The lowest BCUT2D eigenvalue weighted by Crippen LogP contribution is -2.60. The fraction of sp³-hybridized carbons (Fsp3) is 0.593. The van der Waals surface area contributed by atoms with Gasteiger partial charge in [0.15, 0.2) is 0 Å². The minimum absolute atomic E-state index is 0.0783. The number of halogens is 4. The fourth-order valence-electron chi connectivity index (χ4n) is 4.65. The van der Waals surface area contributed by atoms with Gasteiger partial charge < -0.3 is 14.2 Å². The molecule has 1 atom stereocenters. The third kappa shape index (κ3) is 6.73. The Morgan fingerprint density at radius 1 is 1.13 bits per heavy atom. The van der Waals surface area contributed by atoms with Crippen molar-refractivity contribution in [2.75, 3.05) is 13.2 Å². The maximum atomic E-state index is 14.1. The number of alkyl halides is 4. The number of hydrogen-bond acceptors (Lipinski definition) is 6. The van der Waals surface area contributed by atoms with Gasteiger partial charge in [-0.2, -0.15) is 0 Å². The van der Waals surface area contributed by atoms with Gasteiger partial charge in [-0.05, 0) is 65.2 Å². The monoisotopic (exact) mass is 541 g/mol. The molecule has 0 spiro atoms. The summed E-state index contributed by atoms with van der Waals surface area (Å²) >= 11 is 0. The molecule has 0 radical (unpaired) electrons. The highest BCUT2D eigenvalue weighted by molar-refractivity contribution is 5.70. The van der Waals surface area contributed by atoms with Crippen molar-refractivity contribution in [1.29, 1.82) is 0 Å². The Morgan fingerprint density at radius 3 is 2.39 bits per heavy atom. The number of amides is 1. The Labute approximate surface area is 220 Å². The molecule has 210 valence electrons. The van der Waals surface area contributed by atoms with Crippen molar-refractivity contribution in [2.24, 2.45) is 5.92 Å². The summed E-state index contributed by atoms with van der Waals surface area (Å²) < 4.78 is 71.9. The van der Waals surface area contributed by atoms with Crippen molar-refractivity contribution in [3.63, 3.8) is 0 Å². The summed E-state index contributed by atoms with van der Waals surface area (Å²) in [5, 5.41) is 0. The molecule has 2 aromatic heterocycles. The van der Waals surface area contributed by atoms with Gasteiger partial charge >= 0.3 is 6.09 Å². The van der Waals surface area contributed by atoms with Crippen molar-refractivity contribution < 1.29 is 36.6 Å². The maximum Gasteiger partial charge on any atom is 0.413 e. The third-order valence-corrected chi connectivity index (χ3v) is 6.00. The highest BCUT2D eigenvalue weighted by Crippen LogP contribution is 2.41. The second-order valence-corrected chi connectivity index (χ2v) is 11.3. The Bertz CT molecular complexity index is 1140. The van der Waals surface area contributed by atoms with E-state index in [2.05, 4.69) is 9.97 Å². The van der Waals surface area contributed by atoms with Crippen molar-refractivity contribution in [2.45, 2.75) is 84.6 Å². The molecule has 1 aliphatic rings. The Hall–Kier alpha value is -2.95. The summed E-state index contributed by atoms with van der Waals surface area (Å²) in [7, 11) is 0. The van der Waals surface area contributed by atoms with E-state index in [0.717, 1.165) is 18.3 Å². The fourth-order valence-corrected chi connectivity index (χ4v) is 4.65. The summed E-state index contributed by atoms with van der Waals surface area (Å²) in [6.07, 6.45) is -3.56. The van der Waals surface area contributed by atoms with Gasteiger partial charge in [-0.3, -0.25) is 14.9 Å². The van der Waals surface area contributed by atoms with Crippen LogP contribution in [0.5, 0.6) is 5.75 Å². The van der Waals surface area contributed by atoms with E-state index in [1.54, 1.807) is 34.6 Å². The van der Waals surface area contributed by atoms with E-state index in [1.807, 2.05) is 13.8 Å². The number of aromatic nitrogens is 2. The molecular formula is C27H35F4N3O4. The number of carbonyl (C=O) groups is 1. The van der Waals surface area contributed by atoms with Gasteiger partial charge in [-0.15, -0.1) is 0 Å². The normalized spacial score (nSPS) is 19.5. The molecule has 38 heavy (non-hydrogen) atoms. The minimum Gasteiger partial charge on any atom is -0.489 e. The quantitative estimate of drug-likeness (QED) is 0.330. The highest BCUT2D eigenvalue weighted by atomic mass is 19.3. The number of pyridine rings is 2. The topological polar surface area (TPSA) is 73.8 Å². The molecule has 1 saturated heterocycles. The van der Waals surface area contributed by atoms with Gasteiger partial charge in [-0.1, -0.05) is 13.8 Å². The first-order valence-electron chi connectivity index (χ1n) is 12.4. The zero-order valence-corrected chi connectivity index (χ0v) is 22.7. The Balaban J connectivity index is 1.96. The van der Waals surface area contributed by atoms with Crippen LogP contribution in [-0.4, -0.2) is 51.0 Å². The van der Waals surface area contributed by atoms with E-state index in [1.165, 1.54) is 17.2 Å². The zero-order chi connectivity index (χ0) is 28.5. The van der Waals surface area contributed by atoms with Crippen LogP contribution in [-0.2, 0) is 9.47 Å². The smallest absolute Gasteiger partial charge is 0.413 e. The lowest BCUT2D eigenvalue weighted by Gasteiger charge is -2.42. The molecule has 3 heterocycles. The van der Waals surface area contributed by atoms with E-state index < -0.39 is 47.1 Å². The number of ether oxygens (including phenoxy) is 3. The first kappa shape index (κ1) is 29.6. The maximum absolute atomic E-state index is 14.1. The lowest BCUT2D eigenvalue weighted by molar-refractivity contribution is -0.0741. The Morgan fingerprint density at radius 2 is 1.82 bits per heavy atom. The molecule has 0 aliphatic carbocycles. The van der Waals surface area contributed by atoms with Crippen LogP contribution >= 0.6 is 0 Å². The molecule has 0 N–H and O–H groups in total. The predicted molar refractivity (Wildman–Crippen MR) is 133 cm³/mol. The van der Waals surface area contributed by atoms with Crippen LogP contribution in [0.2, 0.25) is 0 Å². The van der Waals surface area contributed by atoms with E-state index in [-0.39, 0.29) is 36.1 Å². The van der Waals surface area contributed by atoms with Crippen molar-refractivity contribution >= 4 is 6.09 Å². The molecule has 1 amide bonds. The summed E-state index contributed by atoms with van der Waals surface area (Å²) in [6, 6.07) is 3.63. The highest BCUT2D eigenvalue weighted by Gasteiger charge is 2.56. The van der Waals surface area contributed by atoms with Crippen LogP contribution in [0.15, 0.2) is 30.6 Å². The van der Waals surface area contributed by atoms with Crippen LogP contribution in [0.4, 0.5) is 22.4 Å². The van der Waals surface area contributed by atoms with Gasteiger partial charge in [0.05, 0.1) is 24.1 Å². The second kappa shape index (κ2) is 11.0. The SMILES string of the molecule is CC(C)CC1(COc2cnc(-c3ccnc(C(F)F)c3)cc2C(F)F)COC(C)(C)N1C(=O)OC(C)(C)C. The van der Waals surface area contributed by atoms with Crippen molar-refractivity contribution in [3.05, 3.63) is 41.9 Å². The molecule has 7 nitrogen and oxygen atoms in total. The van der Waals surface area contributed by atoms with E-state index in [9.17, 15) is 22.4 Å². The van der Waals surface area contributed by atoms with Crippen molar-refractivity contribution in [1.82, 2.24) is 14.9 Å². The van der Waals surface area contributed by atoms with E-state index in [0.29, 0.717) is 6.42 Å². The van der Waals surface area contributed by atoms with Gasteiger partial charge in [0.2, 0.25) is 0 Å². The molecular weight excluding hydrogens is 506 g/mol. The van der Waals surface area contributed by atoms with Gasteiger partial charge in [0.25, 0.3) is 12.9 Å². The van der Waals surface area contributed by atoms with Crippen LogP contribution < -0.4 is 4.74 Å². The van der Waals surface area contributed by atoms with Crippen LogP contribution in [0, 0.1) is 5.92 Å². The van der Waals surface area contributed by atoms with E-state index >= 15 is 0 Å². The molecule has 11 heteroatoms. The molecule has 1 fully saturated rings. The number of carbonyl (C=O) groups excluding carboxylic acids is 1. The molecule has 1 unspecified atom stereocenters. The summed E-state index contributed by atoms with van der Waals surface area (Å²) in [5.41, 5.74) is -3.43. The number of hydrogen-bond donors (Lipinski definition) is 0. The first-order valence-corrected chi connectivity index (χ1v) is 12.4. The summed E-state index contributed by atoms with van der Waals surface area (Å²) in [6.45, 7) is 12.7. The minimum atomic E-state index is -2.93. The molecule has 0 bridgehead atoms. The summed E-state index contributed by atoms with van der Waals surface area (Å²) in [4.78, 5) is 22.6. The zero-order valence-electron chi connectivity index (χ0n) is 22.7. The molecule has 1 aliphatic heterocycles.